The first-order chi connectivity index (χ1) is 16.0. The van der Waals surface area contributed by atoms with Crippen LogP contribution in [-0.4, -0.2) is 25.2 Å². The van der Waals surface area contributed by atoms with Crippen LogP contribution in [-0.2, 0) is 27.0 Å². The molecule has 2 N–H and O–H groups in total. The van der Waals surface area contributed by atoms with Crippen molar-refractivity contribution < 1.29 is 22.9 Å². The third-order valence-electron chi connectivity index (χ3n) is 4.53. The monoisotopic (exact) mass is 609 g/mol. The zero-order chi connectivity index (χ0) is 24.9. The molecular weight excluding hydrogens is 594 g/mol. The van der Waals surface area contributed by atoms with Crippen molar-refractivity contribution in [1.82, 2.24) is 4.72 Å². The van der Waals surface area contributed by atoms with E-state index in [0.29, 0.717) is 16.8 Å². The third kappa shape index (κ3) is 7.20. The van der Waals surface area contributed by atoms with E-state index in [9.17, 15) is 28.1 Å². The number of halogens is 2. The minimum atomic E-state index is -4.03. The van der Waals surface area contributed by atoms with Crippen molar-refractivity contribution in [3.8, 4) is 0 Å². The summed E-state index contributed by atoms with van der Waals surface area (Å²) in [6.07, 6.45) is -0.194. The molecule has 3 rings (SSSR count). The molecule has 0 spiro atoms. The molecule has 0 heterocycles. The SMILES string of the molecule is O=C(Cc1ccc(NC(=O)c2cccc(Br)c2)cc1)NS(=O)(=O)Cc1ccc([N+](=O)[O-])cc1Br. The van der Waals surface area contributed by atoms with E-state index in [-0.39, 0.29) is 28.1 Å². The summed E-state index contributed by atoms with van der Waals surface area (Å²) in [5, 5.41) is 13.6. The molecule has 3 aromatic carbocycles. The van der Waals surface area contributed by atoms with E-state index < -0.39 is 26.6 Å². The molecule has 0 radical (unpaired) electrons. The van der Waals surface area contributed by atoms with Gasteiger partial charge in [-0.3, -0.25) is 24.4 Å². The maximum atomic E-state index is 12.4. The summed E-state index contributed by atoms with van der Waals surface area (Å²) in [4.78, 5) is 34.8. The number of nitrogens with zero attached hydrogens (tertiary/aromatic N) is 1. The van der Waals surface area contributed by atoms with Gasteiger partial charge in [0, 0.05) is 32.3 Å². The lowest BCUT2D eigenvalue weighted by molar-refractivity contribution is -0.384. The van der Waals surface area contributed by atoms with E-state index in [1.807, 2.05) is 10.8 Å². The number of carbonyl (C=O) groups is 2. The van der Waals surface area contributed by atoms with Crippen molar-refractivity contribution in [3.05, 3.63) is 102 Å². The normalized spacial score (nSPS) is 11.0. The van der Waals surface area contributed by atoms with E-state index in [4.69, 9.17) is 0 Å². The van der Waals surface area contributed by atoms with Gasteiger partial charge in [0.15, 0.2) is 0 Å². The average Bonchev–Trinajstić information content (AvgIpc) is 2.75. The second-order valence-electron chi connectivity index (χ2n) is 7.16. The van der Waals surface area contributed by atoms with Gasteiger partial charge in [0.1, 0.15) is 0 Å². The molecule has 2 amide bonds. The molecule has 0 aliphatic carbocycles. The maximum Gasteiger partial charge on any atom is 0.270 e. The summed E-state index contributed by atoms with van der Waals surface area (Å²) < 4.78 is 27.8. The number of hydrogen-bond acceptors (Lipinski definition) is 6. The molecule has 0 bridgehead atoms. The first-order valence-corrected chi connectivity index (χ1v) is 12.9. The van der Waals surface area contributed by atoms with Crippen LogP contribution in [0.2, 0.25) is 0 Å². The first-order valence-electron chi connectivity index (χ1n) is 9.64. The van der Waals surface area contributed by atoms with E-state index >= 15 is 0 Å². The van der Waals surface area contributed by atoms with Crippen LogP contribution in [0.5, 0.6) is 0 Å². The fourth-order valence-electron chi connectivity index (χ4n) is 2.94. The number of benzene rings is 3. The Morgan fingerprint density at radius 1 is 0.971 bits per heavy atom. The smallest absolute Gasteiger partial charge is 0.270 e. The lowest BCUT2D eigenvalue weighted by atomic mass is 10.1. The fourth-order valence-corrected chi connectivity index (χ4v) is 5.19. The van der Waals surface area contributed by atoms with Crippen LogP contribution in [0.15, 0.2) is 75.7 Å². The van der Waals surface area contributed by atoms with E-state index in [0.717, 1.165) is 4.47 Å². The molecule has 12 heteroatoms. The molecule has 3 aromatic rings. The van der Waals surface area contributed by atoms with Crippen molar-refractivity contribution in [2.75, 3.05) is 5.32 Å². The summed E-state index contributed by atoms with van der Waals surface area (Å²) in [5.41, 5.74) is 1.63. The molecule has 0 unspecified atom stereocenters. The van der Waals surface area contributed by atoms with Crippen LogP contribution in [0, 0.1) is 10.1 Å². The molecular formula is C22H17Br2N3O6S. The molecule has 0 aliphatic rings. The van der Waals surface area contributed by atoms with Gasteiger partial charge in [0.05, 0.1) is 17.1 Å². The van der Waals surface area contributed by atoms with Gasteiger partial charge in [0.25, 0.3) is 11.6 Å². The average molecular weight is 611 g/mol. The highest BCUT2D eigenvalue weighted by atomic mass is 79.9. The van der Waals surface area contributed by atoms with E-state index in [1.165, 1.54) is 18.2 Å². The third-order valence-corrected chi connectivity index (χ3v) is 6.99. The number of anilines is 1. The summed E-state index contributed by atoms with van der Waals surface area (Å²) in [6.45, 7) is 0. The molecule has 176 valence electrons. The van der Waals surface area contributed by atoms with Crippen molar-refractivity contribution in [2.45, 2.75) is 12.2 Å². The van der Waals surface area contributed by atoms with Crippen LogP contribution in [0.25, 0.3) is 0 Å². The number of sulfonamides is 1. The largest absolute Gasteiger partial charge is 0.322 e. The maximum absolute atomic E-state index is 12.4. The number of non-ortho nitro benzene ring substituents is 1. The highest BCUT2D eigenvalue weighted by Crippen LogP contribution is 2.24. The van der Waals surface area contributed by atoms with Crippen LogP contribution in [0.4, 0.5) is 11.4 Å². The summed E-state index contributed by atoms with van der Waals surface area (Å²) in [5.74, 6) is -1.56. The zero-order valence-electron chi connectivity index (χ0n) is 17.3. The minimum Gasteiger partial charge on any atom is -0.322 e. The Labute approximate surface area is 212 Å². The number of carbonyl (C=O) groups excluding carboxylic acids is 2. The van der Waals surface area contributed by atoms with Crippen LogP contribution in [0.3, 0.4) is 0 Å². The number of rotatable bonds is 8. The van der Waals surface area contributed by atoms with Crippen molar-refractivity contribution in [1.29, 1.82) is 0 Å². The van der Waals surface area contributed by atoms with Crippen molar-refractivity contribution in [3.63, 3.8) is 0 Å². The second-order valence-corrected chi connectivity index (χ2v) is 10.6. The number of hydrogen-bond donors (Lipinski definition) is 2. The molecule has 9 nitrogen and oxygen atoms in total. The molecule has 0 fully saturated rings. The molecule has 0 saturated heterocycles. The van der Waals surface area contributed by atoms with E-state index in [2.05, 4.69) is 37.2 Å². The van der Waals surface area contributed by atoms with Gasteiger partial charge in [-0.15, -0.1) is 0 Å². The van der Waals surface area contributed by atoms with Gasteiger partial charge in [-0.2, -0.15) is 0 Å². The Bertz CT molecular complexity index is 1360. The Morgan fingerprint density at radius 3 is 2.29 bits per heavy atom. The summed E-state index contributed by atoms with van der Waals surface area (Å²) in [7, 11) is -4.03. The predicted molar refractivity (Wildman–Crippen MR) is 134 cm³/mol. The van der Waals surface area contributed by atoms with Gasteiger partial charge in [-0.05, 0) is 47.5 Å². The van der Waals surface area contributed by atoms with Gasteiger partial charge in [-0.25, -0.2) is 8.42 Å². The Kier molecular flexibility index (Phi) is 8.18. The number of nitro groups is 1. The first kappa shape index (κ1) is 25.5. The highest BCUT2D eigenvalue weighted by molar-refractivity contribution is 9.10. The van der Waals surface area contributed by atoms with Crippen molar-refractivity contribution in [2.24, 2.45) is 0 Å². The zero-order valence-corrected chi connectivity index (χ0v) is 21.3. The fraction of sp³-hybridized carbons (Fsp3) is 0.0909. The highest BCUT2D eigenvalue weighted by Gasteiger charge is 2.19. The molecule has 0 saturated carbocycles. The van der Waals surface area contributed by atoms with Crippen molar-refractivity contribution >= 4 is 65.1 Å². The quantitative estimate of drug-likeness (QED) is 0.283. The molecule has 34 heavy (non-hydrogen) atoms. The Hall–Kier alpha value is -3.09. The van der Waals surface area contributed by atoms with Crippen LogP contribution >= 0.6 is 31.9 Å². The summed E-state index contributed by atoms with van der Waals surface area (Å²) >= 11 is 6.43. The number of nitro benzene ring substituents is 1. The second kappa shape index (κ2) is 10.9. The predicted octanol–water partition coefficient (Wildman–Crippen LogP) is 4.56. The molecule has 0 atom stereocenters. The van der Waals surface area contributed by atoms with Crippen LogP contribution < -0.4 is 10.0 Å². The Balaban J connectivity index is 1.58. The van der Waals surface area contributed by atoms with Gasteiger partial charge < -0.3 is 5.32 Å². The van der Waals surface area contributed by atoms with Crippen LogP contribution in [0.1, 0.15) is 21.5 Å². The lowest BCUT2D eigenvalue weighted by Gasteiger charge is -2.09. The Morgan fingerprint density at radius 2 is 1.68 bits per heavy atom. The molecule has 0 aliphatic heterocycles. The molecule has 0 aromatic heterocycles. The lowest BCUT2D eigenvalue weighted by Crippen LogP contribution is -2.32. The standard InChI is InChI=1S/C22H17Br2N3O6S/c23-17-3-1-2-15(11-17)22(29)25-18-7-4-14(5-8-18)10-21(28)26-34(32,33)13-16-6-9-19(27(30)31)12-20(16)24/h1-9,11-12H,10,13H2,(H,25,29)(H,26,28). The topological polar surface area (TPSA) is 135 Å². The number of nitrogens with one attached hydrogen (secondary N) is 2. The summed E-state index contributed by atoms with van der Waals surface area (Å²) in [6, 6.07) is 17.0. The van der Waals surface area contributed by atoms with E-state index in [1.54, 1.807) is 42.5 Å². The van der Waals surface area contributed by atoms with Gasteiger partial charge in [0.2, 0.25) is 15.9 Å². The van der Waals surface area contributed by atoms with Gasteiger partial charge in [-0.1, -0.05) is 50.1 Å². The van der Waals surface area contributed by atoms with Gasteiger partial charge >= 0.3 is 0 Å². The number of amides is 2. The minimum absolute atomic E-state index is 0.187.